The number of aromatic nitrogens is 1. The Morgan fingerprint density at radius 1 is 0.955 bits per heavy atom. The number of carbonyl (C=O) groups excluding carboxylic acids is 1. The van der Waals surface area contributed by atoms with Crippen LogP contribution in [0.2, 0.25) is 0 Å². The lowest BCUT2D eigenvalue weighted by atomic mass is 9.93. The molecule has 0 bridgehead atoms. The number of para-hydroxylation sites is 1. The van der Waals surface area contributed by atoms with Crippen molar-refractivity contribution in [2.45, 2.75) is 32.9 Å². The Hall–Kier alpha value is -4.83. The summed E-state index contributed by atoms with van der Waals surface area (Å²) in [5.41, 5.74) is 2.39. The Bertz CT molecular complexity index is 1890. The number of hydrogen-bond acceptors (Lipinski definition) is 9. The highest BCUT2D eigenvalue weighted by Gasteiger charge is 2.35. The first-order valence-electron chi connectivity index (χ1n) is 14.1. The predicted octanol–water partition coefficient (Wildman–Crippen LogP) is 4.75. The van der Waals surface area contributed by atoms with E-state index in [1.54, 1.807) is 43.9 Å². The van der Waals surface area contributed by atoms with Crippen molar-refractivity contribution >= 4 is 29.1 Å². The summed E-state index contributed by atoms with van der Waals surface area (Å²) >= 11 is 1.23. The zero-order valence-corrected chi connectivity index (χ0v) is 26.3. The molecule has 1 aliphatic rings. The van der Waals surface area contributed by atoms with Crippen LogP contribution in [0.15, 0.2) is 82.1 Å². The number of fused-ring (bicyclic) bond motifs is 1. The number of carbonyl (C=O) groups is 1. The second kappa shape index (κ2) is 13.2. The van der Waals surface area contributed by atoms with Gasteiger partial charge in [0.15, 0.2) is 27.8 Å². The van der Waals surface area contributed by atoms with Crippen LogP contribution in [-0.2, 0) is 9.53 Å². The van der Waals surface area contributed by atoms with Gasteiger partial charge in [0.05, 0.1) is 55.9 Å². The normalized spacial score (nSPS) is 14.6. The maximum atomic E-state index is 14.3. The molecule has 10 heteroatoms. The molecule has 4 aromatic rings. The third kappa shape index (κ3) is 5.85. The number of thiazole rings is 1. The van der Waals surface area contributed by atoms with Crippen molar-refractivity contribution in [3.63, 3.8) is 0 Å². The third-order valence-electron chi connectivity index (χ3n) is 6.97. The standard InChI is InChI=1S/C34H34N2O7S/c1-7-42-33(38)28-29(21-12-9-8-10-13-21)35-34-36(30(28)22-16-17-24(39-4)26(18-22)41-6)32(37)27(44-34)19-23-14-11-15-25(40-5)31(23)43-20(2)3/h8-20,30H,7H2,1-6H3/b27-19-/t30-/m0/s1. The van der Waals surface area contributed by atoms with Crippen LogP contribution in [0, 0.1) is 0 Å². The first-order chi connectivity index (χ1) is 21.3. The summed E-state index contributed by atoms with van der Waals surface area (Å²) in [5, 5.41) is 0. The number of hydrogen-bond donors (Lipinski definition) is 0. The van der Waals surface area contributed by atoms with Gasteiger partial charge in [-0.2, -0.15) is 0 Å². The molecule has 0 aliphatic carbocycles. The second-order valence-electron chi connectivity index (χ2n) is 10.1. The highest BCUT2D eigenvalue weighted by atomic mass is 32.1. The molecule has 1 atom stereocenters. The predicted molar refractivity (Wildman–Crippen MR) is 169 cm³/mol. The van der Waals surface area contributed by atoms with Crippen molar-refractivity contribution in [1.82, 2.24) is 4.57 Å². The molecule has 2 heterocycles. The number of rotatable bonds is 10. The fourth-order valence-corrected chi connectivity index (χ4v) is 6.08. The summed E-state index contributed by atoms with van der Waals surface area (Å²) in [6.07, 6.45) is 1.65. The van der Waals surface area contributed by atoms with Gasteiger partial charge in [0.2, 0.25) is 0 Å². The van der Waals surface area contributed by atoms with Gasteiger partial charge in [0.25, 0.3) is 5.56 Å². The Labute approximate surface area is 259 Å². The number of esters is 1. The fraction of sp³-hybridized carbons (Fsp3) is 0.265. The molecule has 1 aliphatic heterocycles. The molecular weight excluding hydrogens is 580 g/mol. The van der Waals surface area contributed by atoms with Gasteiger partial charge in [-0.15, -0.1) is 0 Å². The molecule has 0 saturated heterocycles. The Morgan fingerprint density at radius 3 is 2.34 bits per heavy atom. The summed E-state index contributed by atoms with van der Waals surface area (Å²) in [7, 11) is 4.66. The molecule has 0 fully saturated rings. The molecule has 228 valence electrons. The van der Waals surface area contributed by atoms with Crippen LogP contribution >= 0.6 is 11.3 Å². The lowest BCUT2D eigenvalue weighted by Crippen LogP contribution is -2.40. The molecule has 0 unspecified atom stereocenters. The fourth-order valence-electron chi connectivity index (χ4n) is 5.09. The van der Waals surface area contributed by atoms with E-state index in [4.69, 9.17) is 28.7 Å². The number of benzene rings is 3. The lowest BCUT2D eigenvalue weighted by molar-refractivity contribution is -0.138. The van der Waals surface area contributed by atoms with Crippen molar-refractivity contribution in [1.29, 1.82) is 0 Å². The van der Waals surface area contributed by atoms with E-state index in [0.29, 0.717) is 49.2 Å². The molecule has 0 amide bonds. The first kappa shape index (κ1) is 30.6. The van der Waals surface area contributed by atoms with Crippen LogP contribution in [0.1, 0.15) is 43.5 Å². The van der Waals surface area contributed by atoms with E-state index in [0.717, 1.165) is 5.56 Å². The molecule has 1 aromatic heterocycles. The van der Waals surface area contributed by atoms with Gasteiger partial charge in [0.1, 0.15) is 0 Å². The van der Waals surface area contributed by atoms with E-state index < -0.39 is 12.0 Å². The van der Waals surface area contributed by atoms with E-state index in [2.05, 4.69) is 0 Å². The van der Waals surface area contributed by atoms with Crippen LogP contribution in [0.5, 0.6) is 23.0 Å². The van der Waals surface area contributed by atoms with Gasteiger partial charge in [-0.1, -0.05) is 59.9 Å². The van der Waals surface area contributed by atoms with Crippen molar-refractivity contribution in [3.8, 4) is 23.0 Å². The largest absolute Gasteiger partial charge is 0.493 e. The molecule has 0 radical (unpaired) electrons. The molecular formula is C34H34N2O7S. The maximum Gasteiger partial charge on any atom is 0.338 e. The molecule has 0 saturated carbocycles. The lowest BCUT2D eigenvalue weighted by Gasteiger charge is -2.26. The molecule has 5 rings (SSSR count). The molecule has 9 nitrogen and oxygen atoms in total. The molecule has 0 spiro atoms. The van der Waals surface area contributed by atoms with E-state index >= 15 is 0 Å². The topological polar surface area (TPSA) is 97.6 Å². The first-order valence-corrected chi connectivity index (χ1v) is 15.0. The maximum absolute atomic E-state index is 14.3. The zero-order valence-electron chi connectivity index (χ0n) is 25.5. The molecule has 44 heavy (non-hydrogen) atoms. The Morgan fingerprint density at radius 2 is 1.68 bits per heavy atom. The molecule has 0 N–H and O–H groups in total. The highest BCUT2D eigenvalue weighted by molar-refractivity contribution is 7.07. The van der Waals surface area contributed by atoms with E-state index in [1.165, 1.54) is 18.4 Å². The monoisotopic (exact) mass is 614 g/mol. The number of nitrogens with zero attached hydrogens (tertiary/aromatic N) is 2. The third-order valence-corrected chi connectivity index (χ3v) is 7.95. The van der Waals surface area contributed by atoms with Crippen LogP contribution in [-0.4, -0.2) is 44.6 Å². The summed E-state index contributed by atoms with van der Waals surface area (Å²) in [5.74, 6) is 1.50. The average Bonchev–Trinajstić information content (AvgIpc) is 3.34. The van der Waals surface area contributed by atoms with Gasteiger partial charge in [-0.25, -0.2) is 9.79 Å². The minimum absolute atomic E-state index is 0.120. The van der Waals surface area contributed by atoms with Gasteiger partial charge in [-0.3, -0.25) is 9.36 Å². The van der Waals surface area contributed by atoms with E-state index in [1.807, 2.05) is 68.4 Å². The van der Waals surface area contributed by atoms with Crippen molar-refractivity contribution in [3.05, 3.63) is 109 Å². The average molecular weight is 615 g/mol. The number of methoxy groups -OCH3 is 3. The Kier molecular flexibility index (Phi) is 9.20. The minimum Gasteiger partial charge on any atom is -0.493 e. The minimum atomic E-state index is -0.862. The van der Waals surface area contributed by atoms with Crippen molar-refractivity contribution in [2.75, 3.05) is 27.9 Å². The van der Waals surface area contributed by atoms with Crippen LogP contribution in [0.4, 0.5) is 0 Å². The highest BCUT2D eigenvalue weighted by Crippen LogP contribution is 2.38. The summed E-state index contributed by atoms with van der Waals surface area (Å²) in [6.45, 7) is 5.75. The van der Waals surface area contributed by atoms with Crippen molar-refractivity contribution in [2.24, 2.45) is 4.99 Å². The zero-order chi connectivity index (χ0) is 31.4. The van der Waals surface area contributed by atoms with Crippen LogP contribution in [0.3, 0.4) is 0 Å². The van der Waals surface area contributed by atoms with Gasteiger partial charge >= 0.3 is 5.97 Å². The quantitative estimate of drug-likeness (QED) is 0.238. The molecule has 3 aromatic carbocycles. The summed E-state index contributed by atoms with van der Waals surface area (Å²) < 4.78 is 30.2. The van der Waals surface area contributed by atoms with Gasteiger partial charge < -0.3 is 23.7 Å². The van der Waals surface area contributed by atoms with E-state index in [-0.39, 0.29) is 23.8 Å². The van der Waals surface area contributed by atoms with Gasteiger partial charge in [-0.05, 0) is 50.6 Å². The number of ether oxygens (including phenoxy) is 5. The summed E-state index contributed by atoms with van der Waals surface area (Å²) in [6, 6.07) is 19.4. The van der Waals surface area contributed by atoms with Gasteiger partial charge in [0, 0.05) is 11.1 Å². The van der Waals surface area contributed by atoms with Crippen LogP contribution in [0.25, 0.3) is 11.8 Å². The van der Waals surface area contributed by atoms with E-state index in [9.17, 15) is 9.59 Å². The second-order valence-corrected chi connectivity index (χ2v) is 11.1. The SMILES string of the molecule is CCOC(=O)C1=C(c2ccccc2)N=c2s/c(=C\c3cccc(OC)c3OC(C)C)c(=O)n2[C@H]1c1ccc(OC)c(OC)c1. The van der Waals surface area contributed by atoms with Crippen molar-refractivity contribution < 1.29 is 28.5 Å². The summed E-state index contributed by atoms with van der Waals surface area (Å²) in [4.78, 5) is 33.4. The smallest absolute Gasteiger partial charge is 0.338 e. The Balaban J connectivity index is 1.84. The van der Waals surface area contributed by atoms with Crippen LogP contribution < -0.4 is 33.8 Å².